The molecule has 0 radical (unpaired) electrons. The topological polar surface area (TPSA) is 114 Å². The van der Waals surface area contributed by atoms with Crippen molar-refractivity contribution in [2.45, 2.75) is 73.8 Å². The van der Waals surface area contributed by atoms with Crippen LogP contribution in [0.2, 0.25) is 0 Å². The summed E-state index contributed by atoms with van der Waals surface area (Å²) in [6.45, 7) is 18.4. The molecule has 1 aromatic heterocycles. The summed E-state index contributed by atoms with van der Waals surface area (Å²) in [5.74, 6) is 0.674. The van der Waals surface area contributed by atoms with E-state index < -0.39 is 0 Å². The van der Waals surface area contributed by atoms with E-state index in [1.54, 1.807) is 24.5 Å². The number of amides is 1. The Morgan fingerprint density at radius 1 is 1.16 bits per heavy atom. The molecule has 4 rings (SSSR count). The van der Waals surface area contributed by atoms with Crippen molar-refractivity contribution in [3.8, 4) is 0 Å². The number of hydrogen-bond donors (Lipinski definition) is 3. The van der Waals surface area contributed by atoms with Gasteiger partial charge in [0.15, 0.2) is 0 Å². The van der Waals surface area contributed by atoms with Gasteiger partial charge in [-0.25, -0.2) is 0 Å². The van der Waals surface area contributed by atoms with Gasteiger partial charge in [0, 0.05) is 30.4 Å². The number of nitrogens with one attached hydrogen (secondary N) is 2. The smallest absolute Gasteiger partial charge is 0.265 e. The molecule has 234 valence electrons. The third-order valence-electron chi connectivity index (χ3n) is 5.81. The number of allylic oxidation sites excluding steroid dienone is 8. The number of rotatable bonds is 7. The number of carbonyl (C=O) groups is 1. The fourth-order valence-electron chi connectivity index (χ4n) is 3.38. The zero-order valence-corrected chi connectivity index (χ0v) is 27.7. The third kappa shape index (κ3) is 15.8. The van der Waals surface area contributed by atoms with E-state index in [9.17, 15) is 14.4 Å². The van der Waals surface area contributed by atoms with Crippen LogP contribution < -0.4 is 27.2 Å². The van der Waals surface area contributed by atoms with Crippen LogP contribution >= 0.6 is 11.3 Å². The highest BCUT2D eigenvalue weighted by Gasteiger charge is 2.20. The van der Waals surface area contributed by atoms with Crippen LogP contribution in [-0.4, -0.2) is 24.2 Å². The molecule has 1 amide bonds. The Balaban J connectivity index is 0.000000551. The summed E-state index contributed by atoms with van der Waals surface area (Å²) in [5.41, 5.74) is 8.53. The highest BCUT2D eigenvalue weighted by molar-refractivity contribution is 7.12. The summed E-state index contributed by atoms with van der Waals surface area (Å²) in [5, 5.41) is 7.53. The molecule has 1 aromatic carbocycles. The van der Waals surface area contributed by atoms with Gasteiger partial charge in [-0.05, 0) is 69.7 Å². The minimum absolute atomic E-state index is 0.0434. The van der Waals surface area contributed by atoms with Crippen molar-refractivity contribution in [3.05, 3.63) is 122 Å². The molecule has 2 aliphatic carbocycles. The Bertz CT molecular complexity index is 1330. The predicted octanol–water partition coefficient (Wildman–Crippen LogP) is 7.48. The van der Waals surface area contributed by atoms with Crippen molar-refractivity contribution in [2.75, 3.05) is 11.9 Å². The van der Waals surface area contributed by atoms with Gasteiger partial charge in [-0.2, -0.15) is 0 Å². The lowest BCUT2D eigenvalue weighted by Gasteiger charge is -2.27. The second kappa shape index (κ2) is 23.7. The largest absolute Gasteiger partial charge is 0.379 e. The molecule has 43 heavy (non-hydrogen) atoms. The van der Waals surface area contributed by atoms with Gasteiger partial charge in [0.05, 0.1) is 16.3 Å². The van der Waals surface area contributed by atoms with Crippen LogP contribution in [0.25, 0.3) is 0 Å². The second-order valence-corrected chi connectivity index (χ2v) is 10.5. The van der Waals surface area contributed by atoms with Crippen molar-refractivity contribution in [2.24, 2.45) is 16.6 Å². The number of nitrogens with two attached hydrogens (primary N) is 1. The first-order chi connectivity index (χ1) is 20.7. The number of aliphatic imine (C=N–C) groups is 1. The Hall–Kier alpha value is -3.88. The van der Waals surface area contributed by atoms with Crippen LogP contribution in [0.4, 0.5) is 5.69 Å². The molecule has 0 bridgehead atoms. The molecule has 0 saturated heterocycles. The van der Waals surface area contributed by atoms with E-state index in [1.165, 1.54) is 23.8 Å². The molecule has 2 aliphatic rings. The molecule has 7 nitrogen and oxygen atoms in total. The first kappa shape index (κ1) is 39.1. The van der Waals surface area contributed by atoms with Crippen LogP contribution in [0.15, 0.2) is 111 Å². The molecule has 0 unspecified atom stereocenters. The fourth-order valence-corrected chi connectivity index (χ4v) is 4.00. The SMILES string of the molecule is C/C=C/NC(=O)c1cccs1.C/C=C\C(C)C.C=CN=C1C=CC=C/C1=C(/C)CN.CC.O=c1cc(NC2CCC2)c1=O. The molecule has 1 fully saturated rings. The van der Waals surface area contributed by atoms with E-state index in [4.69, 9.17) is 5.73 Å². The maximum absolute atomic E-state index is 11.1. The van der Waals surface area contributed by atoms with Gasteiger partial charge in [0.25, 0.3) is 5.91 Å². The van der Waals surface area contributed by atoms with Gasteiger partial charge in [-0.3, -0.25) is 19.4 Å². The monoisotopic (exact) mass is 606 g/mol. The maximum atomic E-state index is 11.1. The normalized spacial score (nSPS) is 15.7. The summed E-state index contributed by atoms with van der Waals surface area (Å²) in [4.78, 5) is 37.2. The number of carbonyl (C=O) groups excluding carboxylic acids is 1. The van der Waals surface area contributed by atoms with Crippen molar-refractivity contribution in [1.29, 1.82) is 0 Å². The quantitative estimate of drug-likeness (QED) is 0.223. The first-order valence-electron chi connectivity index (χ1n) is 14.8. The van der Waals surface area contributed by atoms with Gasteiger partial charge in [-0.1, -0.05) is 82.4 Å². The molecule has 2 aromatic rings. The van der Waals surface area contributed by atoms with Gasteiger partial charge < -0.3 is 16.4 Å². The molecular weight excluding hydrogens is 556 g/mol. The summed E-state index contributed by atoms with van der Waals surface area (Å²) >= 11 is 1.44. The van der Waals surface area contributed by atoms with E-state index in [0.717, 1.165) is 40.5 Å². The van der Waals surface area contributed by atoms with Crippen molar-refractivity contribution in [1.82, 2.24) is 5.32 Å². The summed E-state index contributed by atoms with van der Waals surface area (Å²) in [6, 6.07) is 5.47. The second-order valence-electron chi connectivity index (χ2n) is 9.56. The lowest BCUT2D eigenvalue weighted by Crippen LogP contribution is -2.37. The predicted molar refractivity (Wildman–Crippen MR) is 188 cm³/mol. The highest BCUT2D eigenvalue weighted by Crippen LogP contribution is 2.21. The van der Waals surface area contributed by atoms with Crippen LogP contribution in [0.5, 0.6) is 0 Å². The third-order valence-corrected chi connectivity index (χ3v) is 6.68. The van der Waals surface area contributed by atoms with E-state index >= 15 is 0 Å². The lowest BCUT2D eigenvalue weighted by molar-refractivity contribution is 0.0974. The lowest BCUT2D eigenvalue weighted by atomic mass is 9.93. The maximum Gasteiger partial charge on any atom is 0.265 e. The first-order valence-corrected chi connectivity index (χ1v) is 15.6. The highest BCUT2D eigenvalue weighted by atomic mass is 32.1. The van der Waals surface area contributed by atoms with Gasteiger partial charge >= 0.3 is 0 Å². The molecule has 0 spiro atoms. The Kier molecular flexibility index (Phi) is 21.5. The number of thiophene rings is 1. The van der Waals surface area contributed by atoms with E-state index in [-0.39, 0.29) is 16.8 Å². The Morgan fingerprint density at radius 3 is 2.26 bits per heavy atom. The molecule has 0 atom stereocenters. The number of nitrogens with zero attached hydrogens (tertiary/aromatic N) is 1. The minimum Gasteiger partial charge on any atom is -0.379 e. The molecule has 4 N–H and O–H groups in total. The van der Waals surface area contributed by atoms with E-state index in [2.05, 4.69) is 48.2 Å². The van der Waals surface area contributed by atoms with Gasteiger partial charge in [0.1, 0.15) is 0 Å². The zero-order valence-electron chi connectivity index (χ0n) is 26.9. The summed E-state index contributed by atoms with van der Waals surface area (Å²) < 4.78 is 0. The number of anilines is 1. The Labute approximate surface area is 262 Å². The molecule has 0 aliphatic heterocycles. The summed E-state index contributed by atoms with van der Waals surface area (Å²) in [6.07, 6.45) is 20.6. The molecule has 1 heterocycles. The van der Waals surface area contributed by atoms with Crippen LogP contribution in [0.1, 0.15) is 77.4 Å². The van der Waals surface area contributed by atoms with Gasteiger partial charge in [-0.15, -0.1) is 11.3 Å². The van der Waals surface area contributed by atoms with Crippen LogP contribution in [-0.2, 0) is 0 Å². The molecule has 1 saturated carbocycles. The Morgan fingerprint density at radius 2 is 1.84 bits per heavy atom. The van der Waals surface area contributed by atoms with E-state index in [0.29, 0.717) is 18.3 Å². The van der Waals surface area contributed by atoms with Crippen molar-refractivity contribution in [3.63, 3.8) is 0 Å². The standard InChI is InChI=1S/C11H14N2.C8H9NO2.C8H9NOS.C6H12.C2H6/c1-3-13-11-7-5-4-6-10(11)9(2)8-12;10-7-4-6(8(7)11)9-5-2-1-3-5;1-2-5-9-8(10)7-4-3-6-11-7;1-4-5-6(2)3;1-2/h3-7H,1,8,12H2,2H3;4-5,9H,1-3H2;2-6H,1H3,(H,9,10);4-6H,1-3H3;1-2H3/b10-9+,13-11?;;5-2+;5-4-;. The average Bonchev–Trinajstić information content (AvgIpc) is 3.54. The van der Waals surface area contributed by atoms with E-state index in [1.807, 2.05) is 70.4 Å². The zero-order chi connectivity index (χ0) is 32.6. The molecular formula is C35H50N4O3S. The van der Waals surface area contributed by atoms with Crippen LogP contribution in [0, 0.1) is 5.92 Å². The molecule has 8 heteroatoms. The van der Waals surface area contributed by atoms with Crippen LogP contribution in [0.3, 0.4) is 0 Å². The minimum atomic E-state index is -0.369. The average molecular weight is 607 g/mol. The number of hydrogen-bond acceptors (Lipinski definition) is 7. The fraction of sp³-hybridized carbons (Fsp3) is 0.371. The van der Waals surface area contributed by atoms with Crippen molar-refractivity contribution >= 4 is 28.6 Å². The summed E-state index contributed by atoms with van der Waals surface area (Å²) in [7, 11) is 0. The van der Waals surface area contributed by atoms with Crippen molar-refractivity contribution < 1.29 is 4.79 Å². The van der Waals surface area contributed by atoms with Gasteiger partial charge in [0.2, 0.25) is 10.9 Å².